The molecule has 1 aliphatic rings. The monoisotopic (exact) mass is 322 g/mol. The van der Waals surface area contributed by atoms with Gasteiger partial charge in [0.1, 0.15) is 0 Å². The summed E-state index contributed by atoms with van der Waals surface area (Å²) in [6, 6.07) is 16.7. The number of hydrogen-bond acceptors (Lipinski definition) is 4. The molecule has 0 radical (unpaired) electrons. The minimum atomic E-state index is -0.0389. The average molecular weight is 322 g/mol. The molecular weight excluding hydrogens is 304 g/mol. The molecule has 0 saturated carbocycles. The standard InChI is InChI=1S/C19H18N2OS/c20-13-16-2-1-3-18(12-16)19(22)17-6-4-15(5-7-17)14-21-8-10-23-11-9-21/h1-7,12H,8-11,14H2. The second-order valence-electron chi connectivity index (χ2n) is 5.61. The van der Waals surface area contributed by atoms with Crippen LogP contribution >= 0.6 is 11.8 Å². The molecule has 116 valence electrons. The van der Waals surface area contributed by atoms with Crippen molar-refractivity contribution < 1.29 is 4.79 Å². The normalized spacial score (nSPS) is 15.1. The Hall–Kier alpha value is -2.09. The summed E-state index contributed by atoms with van der Waals surface area (Å²) in [7, 11) is 0. The van der Waals surface area contributed by atoms with Gasteiger partial charge in [0, 0.05) is 42.3 Å². The summed E-state index contributed by atoms with van der Waals surface area (Å²) in [5.41, 5.74) is 2.97. The Morgan fingerprint density at radius 3 is 2.52 bits per heavy atom. The van der Waals surface area contributed by atoms with Crippen LogP contribution in [-0.4, -0.2) is 35.3 Å². The fourth-order valence-corrected chi connectivity index (χ4v) is 3.65. The van der Waals surface area contributed by atoms with Gasteiger partial charge in [0.15, 0.2) is 5.78 Å². The number of nitrogens with zero attached hydrogens (tertiary/aromatic N) is 2. The fourth-order valence-electron chi connectivity index (χ4n) is 2.68. The van der Waals surface area contributed by atoms with Crippen LogP contribution in [0, 0.1) is 11.3 Å². The highest BCUT2D eigenvalue weighted by Gasteiger charge is 2.12. The number of nitriles is 1. The summed E-state index contributed by atoms with van der Waals surface area (Å²) in [5, 5.41) is 8.94. The maximum atomic E-state index is 12.5. The van der Waals surface area contributed by atoms with E-state index in [1.165, 1.54) is 17.1 Å². The summed E-state index contributed by atoms with van der Waals surface area (Å²) in [6.07, 6.45) is 0. The zero-order chi connectivity index (χ0) is 16.1. The SMILES string of the molecule is N#Cc1cccc(C(=O)c2ccc(CN3CCSCC3)cc2)c1. The Bertz CT molecular complexity index is 728. The van der Waals surface area contributed by atoms with Crippen LogP contribution in [0.3, 0.4) is 0 Å². The van der Waals surface area contributed by atoms with E-state index in [0.717, 1.165) is 19.6 Å². The molecule has 0 aromatic heterocycles. The van der Waals surface area contributed by atoms with Crippen LogP contribution in [0.4, 0.5) is 0 Å². The van der Waals surface area contributed by atoms with E-state index in [1.807, 2.05) is 36.0 Å². The van der Waals surface area contributed by atoms with Crippen LogP contribution in [0.15, 0.2) is 48.5 Å². The van der Waals surface area contributed by atoms with Crippen molar-refractivity contribution in [2.45, 2.75) is 6.54 Å². The third kappa shape index (κ3) is 4.01. The van der Waals surface area contributed by atoms with Gasteiger partial charge in [-0.1, -0.05) is 36.4 Å². The molecule has 0 amide bonds. The van der Waals surface area contributed by atoms with E-state index in [-0.39, 0.29) is 5.78 Å². The molecule has 4 heteroatoms. The summed E-state index contributed by atoms with van der Waals surface area (Å²) in [5.74, 6) is 2.36. The maximum Gasteiger partial charge on any atom is 0.193 e. The summed E-state index contributed by atoms with van der Waals surface area (Å²) in [4.78, 5) is 14.9. The van der Waals surface area contributed by atoms with Crippen LogP contribution in [0.25, 0.3) is 0 Å². The van der Waals surface area contributed by atoms with E-state index in [1.54, 1.807) is 24.3 Å². The lowest BCUT2D eigenvalue weighted by molar-refractivity contribution is 0.103. The van der Waals surface area contributed by atoms with Gasteiger partial charge in [0.05, 0.1) is 11.6 Å². The first-order valence-corrected chi connectivity index (χ1v) is 8.85. The first-order chi connectivity index (χ1) is 11.3. The summed E-state index contributed by atoms with van der Waals surface area (Å²) in [6.45, 7) is 3.21. The molecule has 0 spiro atoms. The van der Waals surface area contributed by atoms with Gasteiger partial charge in [-0.3, -0.25) is 9.69 Å². The molecule has 1 heterocycles. The molecule has 1 aliphatic heterocycles. The lowest BCUT2D eigenvalue weighted by Crippen LogP contribution is -2.31. The van der Waals surface area contributed by atoms with Gasteiger partial charge in [-0.2, -0.15) is 17.0 Å². The van der Waals surface area contributed by atoms with Gasteiger partial charge < -0.3 is 0 Å². The number of carbonyl (C=O) groups excluding carboxylic acids is 1. The van der Waals surface area contributed by atoms with Crippen molar-refractivity contribution in [1.29, 1.82) is 5.26 Å². The van der Waals surface area contributed by atoms with Crippen molar-refractivity contribution in [3.63, 3.8) is 0 Å². The summed E-state index contributed by atoms with van der Waals surface area (Å²) >= 11 is 2.01. The van der Waals surface area contributed by atoms with Crippen LogP contribution in [0.2, 0.25) is 0 Å². The van der Waals surface area contributed by atoms with Crippen molar-refractivity contribution in [2.24, 2.45) is 0 Å². The molecule has 0 unspecified atom stereocenters. The van der Waals surface area contributed by atoms with E-state index in [9.17, 15) is 4.79 Å². The molecule has 3 nitrogen and oxygen atoms in total. The Morgan fingerprint density at radius 2 is 1.83 bits per heavy atom. The third-order valence-electron chi connectivity index (χ3n) is 3.98. The van der Waals surface area contributed by atoms with Crippen LogP contribution in [0.1, 0.15) is 27.0 Å². The Kier molecular flexibility index (Phi) is 5.12. The third-order valence-corrected chi connectivity index (χ3v) is 4.92. The number of benzene rings is 2. The van der Waals surface area contributed by atoms with Gasteiger partial charge >= 0.3 is 0 Å². The smallest absolute Gasteiger partial charge is 0.193 e. The average Bonchev–Trinajstić information content (AvgIpc) is 2.63. The van der Waals surface area contributed by atoms with Crippen LogP contribution in [-0.2, 0) is 6.54 Å². The highest BCUT2D eigenvalue weighted by molar-refractivity contribution is 7.99. The highest BCUT2D eigenvalue weighted by atomic mass is 32.2. The van der Waals surface area contributed by atoms with Crippen molar-refractivity contribution in [2.75, 3.05) is 24.6 Å². The first-order valence-electron chi connectivity index (χ1n) is 7.70. The molecule has 1 fully saturated rings. The molecule has 0 N–H and O–H groups in total. The highest BCUT2D eigenvalue weighted by Crippen LogP contribution is 2.16. The molecule has 0 atom stereocenters. The second kappa shape index (κ2) is 7.45. The lowest BCUT2D eigenvalue weighted by Gasteiger charge is -2.26. The molecule has 0 aliphatic carbocycles. The molecule has 2 aromatic carbocycles. The molecule has 2 aromatic rings. The number of ketones is 1. The number of carbonyl (C=O) groups is 1. The zero-order valence-corrected chi connectivity index (χ0v) is 13.7. The van der Waals surface area contributed by atoms with E-state index >= 15 is 0 Å². The first kappa shape index (κ1) is 15.8. The van der Waals surface area contributed by atoms with Gasteiger partial charge in [0.2, 0.25) is 0 Å². The fraction of sp³-hybridized carbons (Fsp3) is 0.263. The summed E-state index contributed by atoms with van der Waals surface area (Å²) < 4.78 is 0. The van der Waals surface area contributed by atoms with Gasteiger partial charge in [0.25, 0.3) is 0 Å². The molecular formula is C19H18N2OS. The molecule has 23 heavy (non-hydrogen) atoms. The minimum Gasteiger partial charge on any atom is -0.297 e. The topological polar surface area (TPSA) is 44.1 Å². The number of rotatable bonds is 4. The Balaban J connectivity index is 1.71. The van der Waals surface area contributed by atoms with Crippen LogP contribution in [0.5, 0.6) is 0 Å². The predicted octanol–water partition coefficient (Wildman–Crippen LogP) is 3.34. The number of hydrogen-bond donors (Lipinski definition) is 0. The maximum absolute atomic E-state index is 12.5. The van der Waals surface area contributed by atoms with Gasteiger partial charge in [-0.25, -0.2) is 0 Å². The second-order valence-corrected chi connectivity index (χ2v) is 6.83. The van der Waals surface area contributed by atoms with E-state index in [4.69, 9.17) is 5.26 Å². The van der Waals surface area contributed by atoms with Crippen molar-refractivity contribution in [1.82, 2.24) is 4.90 Å². The quantitative estimate of drug-likeness (QED) is 0.810. The van der Waals surface area contributed by atoms with E-state index in [0.29, 0.717) is 16.7 Å². The van der Waals surface area contributed by atoms with E-state index < -0.39 is 0 Å². The van der Waals surface area contributed by atoms with Crippen molar-refractivity contribution in [3.05, 3.63) is 70.8 Å². The number of thioether (sulfide) groups is 1. The van der Waals surface area contributed by atoms with Crippen molar-refractivity contribution >= 4 is 17.5 Å². The molecule has 0 bridgehead atoms. The van der Waals surface area contributed by atoms with Crippen molar-refractivity contribution in [3.8, 4) is 6.07 Å². The Labute approximate surface area is 140 Å². The lowest BCUT2D eigenvalue weighted by atomic mass is 10.0. The van der Waals surface area contributed by atoms with E-state index in [2.05, 4.69) is 11.0 Å². The zero-order valence-electron chi connectivity index (χ0n) is 12.9. The Morgan fingerprint density at radius 1 is 1.09 bits per heavy atom. The van der Waals surface area contributed by atoms with Gasteiger partial charge in [-0.05, 0) is 17.7 Å². The largest absolute Gasteiger partial charge is 0.297 e. The predicted molar refractivity (Wildman–Crippen MR) is 93.6 cm³/mol. The minimum absolute atomic E-state index is 0.0389. The van der Waals surface area contributed by atoms with Gasteiger partial charge in [-0.15, -0.1) is 0 Å². The molecule has 1 saturated heterocycles. The molecule has 3 rings (SSSR count). The van der Waals surface area contributed by atoms with Crippen LogP contribution < -0.4 is 0 Å².